The smallest absolute Gasteiger partial charge is 0.126 e. The van der Waals surface area contributed by atoms with E-state index in [9.17, 15) is 4.39 Å². The number of hydrogen-bond donors (Lipinski definition) is 0. The Morgan fingerprint density at radius 2 is 2.19 bits per heavy atom. The molecular formula is C14H20FN. The van der Waals surface area contributed by atoms with E-state index >= 15 is 0 Å². The van der Waals surface area contributed by atoms with E-state index in [0.717, 1.165) is 24.3 Å². The maximum absolute atomic E-state index is 13.4. The van der Waals surface area contributed by atoms with Crippen molar-refractivity contribution in [1.29, 1.82) is 0 Å². The molecule has 1 saturated heterocycles. The predicted octanol–water partition coefficient (Wildman–Crippen LogP) is 3.10. The first-order valence-electron chi connectivity index (χ1n) is 6.17. The van der Waals surface area contributed by atoms with Crippen LogP contribution < -0.4 is 0 Å². The van der Waals surface area contributed by atoms with E-state index in [4.69, 9.17) is 0 Å². The van der Waals surface area contributed by atoms with Gasteiger partial charge in [0, 0.05) is 6.54 Å². The van der Waals surface area contributed by atoms with Gasteiger partial charge in [-0.1, -0.05) is 18.2 Å². The standard InChI is InChI=1S/C14H20FN/c1-16-10-4-5-12(11-16)8-9-13-6-2-3-7-14(13)15/h2-3,6-7,12H,4-5,8-11H2,1H3/t12-/m0/s1. The molecule has 1 fully saturated rings. The summed E-state index contributed by atoms with van der Waals surface area (Å²) in [5.74, 6) is 0.699. The zero-order valence-electron chi connectivity index (χ0n) is 9.95. The van der Waals surface area contributed by atoms with Crippen LogP contribution in [0.25, 0.3) is 0 Å². The highest BCUT2D eigenvalue weighted by Crippen LogP contribution is 2.21. The van der Waals surface area contributed by atoms with Gasteiger partial charge < -0.3 is 4.90 Å². The number of benzene rings is 1. The predicted molar refractivity (Wildman–Crippen MR) is 64.9 cm³/mol. The third-order valence-corrected chi connectivity index (χ3v) is 3.50. The first kappa shape index (κ1) is 11.6. The number of nitrogens with zero attached hydrogens (tertiary/aromatic N) is 1. The van der Waals surface area contributed by atoms with Crippen LogP contribution in [-0.2, 0) is 6.42 Å². The number of halogens is 1. The van der Waals surface area contributed by atoms with E-state index in [-0.39, 0.29) is 5.82 Å². The molecule has 0 N–H and O–H groups in total. The van der Waals surface area contributed by atoms with E-state index in [1.807, 2.05) is 12.1 Å². The molecule has 16 heavy (non-hydrogen) atoms. The zero-order chi connectivity index (χ0) is 11.4. The van der Waals surface area contributed by atoms with Gasteiger partial charge in [0.05, 0.1) is 0 Å². The summed E-state index contributed by atoms with van der Waals surface area (Å²) in [6.07, 6.45) is 4.59. The van der Waals surface area contributed by atoms with Crippen LogP contribution in [0.15, 0.2) is 24.3 Å². The van der Waals surface area contributed by atoms with Gasteiger partial charge in [0.1, 0.15) is 5.82 Å². The normalized spacial score (nSPS) is 22.2. The van der Waals surface area contributed by atoms with Crippen molar-refractivity contribution in [2.75, 3.05) is 20.1 Å². The van der Waals surface area contributed by atoms with Gasteiger partial charge in [-0.3, -0.25) is 0 Å². The second-order valence-corrected chi connectivity index (χ2v) is 4.90. The third-order valence-electron chi connectivity index (χ3n) is 3.50. The summed E-state index contributed by atoms with van der Waals surface area (Å²) in [5.41, 5.74) is 0.871. The van der Waals surface area contributed by atoms with Gasteiger partial charge in [-0.15, -0.1) is 0 Å². The average Bonchev–Trinajstić information content (AvgIpc) is 2.28. The maximum Gasteiger partial charge on any atom is 0.126 e. The molecule has 2 heteroatoms. The van der Waals surface area contributed by atoms with Crippen LogP contribution in [0.2, 0.25) is 0 Å². The second-order valence-electron chi connectivity index (χ2n) is 4.90. The van der Waals surface area contributed by atoms with Gasteiger partial charge in [-0.25, -0.2) is 4.39 Å². The van der Waals surface area contributed by atoms with Crippen molar-refractivity contribution in [3.63, 3.8) is 0 Å². The lowest BCUT2D eigenvalue weighted by atomic mass is 9.92. The van der Waals surface area contributed by atoms with Crippen molar-refractivity contribution in [3.8, 4) is 0 Å². The monoisotopic (exact) mass is 221 g/mol. The van der Waals surface area contributed by atoms with Crippen molar-refractivity contribution in [1.82, 2.24) is 4.90 Å². The molecule has 0 bridgehead atoms. The molecule has 0 amide bonds. The van der Waals surface area contributed by atoms with E-state index in [2.05, 4.69) is 11.9 Å². The summed E-state index contributed by atoms with van der Waals surface area (Å²) in [4.78, 5) is 2.38. The van der Waals surface area contributed by atoms with Crippen LogP contribution >= 0.6 is 0 Å². The third kappa shape index (κ3) is 3.05. The fourth-order valence-electron chi connectivity index (χ4n) is 2.57. The highest BCUT2D eigenvalue weighted by Gasteiger charge is 2.17. The summed E-state index contributed by atoms with van der Waals surface area (Å²) in [6.45, 7) is 2.39. The van der Waals surface area contributed by atoms with E-state index < -0.39 is 0 Å². The van der Waals surface area contributed by atoms with Crippen LogP contribution in [0, 0.1) is 11.7 Å². The molecule has 1 aliphatic heterocycles. The Bertz CT molecular complexity index is 337. The SMILES string of the molecule is CN1CCC[C@@H](CCc2ccccc2F)C1. The van der Waals surface area contributed by atoms with Crippen LogP contribution in [-0.4, -0.2) is 25.0 Å². The minimum atomic E-state index is -0.0494. The van der Waals surface area contributed by atoms with Gasteiger partial charge >= 0.3 is 0 Å². The molecule has 2 rings (SSSR count). The molecule has 0 aromatic heterocycles. The minimum Gasteiger partial charge on any atom is -0.306 e. The van der Waals surface area contributed by atoms with Crippen LogP contribution in [0.1, 0.15) is 24.8 Å². The lowest BCUT2D eigenvalue weighted by molar-refractivity contribution is 0.202. The molecule has 1 aromatic rings. The van der Waals surface area contributed by atoms with E-state index in [0.29, 0.717) is 0 Å². The Morgan fingerprint density at radius 1 is 1.38 bits per heavy atom. The van der Waals surface area contributed by atoms with Gasteiger partial charge in [0.25, 0.3) is 0 Å². The first-order chi connectivity index (χ1) is 7.75. The first-order valence-corrected chi connectivity index (χ1v) is 6.17. The van der Waals surface area contributed by atoms with Crippen molar-refractivity contribution < 1.29 is 4.39 Å². The number of hydrogen-bond acceptors (Lipinski definition) is 1. The molecule has 0 unspecified atom stereocenters. The summed E-state index contributed by atoms with van der Waals surface area (Å²) in [6, 6.07) is 7.14. The molecule has 1 nitrogen and oxygen atoms in total. The Hall–Kier alpha value is -0.890. The molecule has 0 spiro atoms. The van der Waals surface area contributed by atoms with Crippen molar-refractivity contribution >= 4 is 0 Å². The van der Waals surface area contributed by atoms with E-state index in [1.54, 1.807) is 12.1 Å². The second kappa shape index (κ2) is 5.44. The van der Waals surface area contributed by atoms with Crippen molar-refractivity contribution in [2.45, 2.75) is 25.7 Å². The Labute approximate surface area is 97.3 Å². The highest BCUT2D eigenvalue weighted by molar-refractivity contribution is 5.17. The molecule has 1 atom stereocenters. The molecule has 0 saturated carbocycles. The minimum absolute atomic E-state index is 0.0494. The number of likely N-dealkylation sites (tertiary alicyclic amines) is 1. The van der Waals surface area contributed by atoms with Gasteiger partial charge in [0.2, 0.25) is 0 Å². The van der Waals surface area contributed by atoms with Crippen molar-refractivity contribution in [2.24, 2.45) is 5.92 Å². The van der Waals surface area contributed by atoms with Crippen LogP contribution in [0.3, 0.4) is 0 Å². The molecule has 88 valence electrons. The van der Waals surface area contributed by atoms with Crippen LogP contribution in [0.4, 0.5) is 4.39 Å². The summed E-state index contributed by atoms with van der Waals surface area (Å²) in [7, 11) is 2.18. The topological polar surface area (TPSA) is 3.24 Å². The van der Waals surface area contributed by atoms with Gasteiger partial charge in [-0.05, 0) is 56.8 Å². The molecule has 1 aromatic carbocycles. The molecule has 0 aliphatic carbocycles. The number of rotatable bonds is 3. The van der Waals surface area contributed by atoms with Gasteiger partial charge in [-0.2, -0.15) is 0 Å². The molecule has 1 heterocycles. The molecule has 0 radical (unpaired) electrons. The number of aryl methyl sites for hydroxylation is 1. The summed E-state index contributed by atoms with van der Waals surface area (Å²) >= 11 is 0. The van der Waals surface area contributed by atoms with E-state index in [1.165, 1.54) is 25.9 Å². The number of piperidine rings is 1. The zero-order valence-corrected chi connectivity index (χ0v) is 9.95. The summed E-state index contributed by atoms with van der Waals surface area (Å²) in [5, 5.41) is 0. The Kier molecular flexibility index (Phi) is 3.94. The fourth-order valence-corrected chi connectivity index (χ4v) is 2.57. The molecule has 1 aliphatic rings. The Morgan fingerprint density at radius 3 is 2.94 bits per heavy atom. The maximum atomic E-state index is 13.4. The summed E-state index contributed by atoms with van der Waals surface area (Å²) < 4.78 is 13.4. The highest BCUT2D eigenvalue weighted by atomic mass is 19.1. The fraction of sp³-hybridized carbons (Fsp3) is 0.571. The van der Waals surface area contributed by atoms with Crippen LogP contribution in [0.5, 0.6) is 0 Å². The Balaban J connectivity index is 1.85. The largest absolute Gasteiger partial charge is 0.306 e. The molecular weight excluding hydrogens is 201 g/mol. The lowest BCUT2D eigenvalue weighted by Gasteiger charge is -2.29. The average molecular weight is 221 g/mol. The lowest BCUT2D eigenvalue weighted by Crippen LogP contribution is -2.32. The quantitative estimate of drug-likeness (QED) is 0.758. The van der Waals surface area contributed by atoms with Gasteiger partial charge in [0.15, 0.2) is 0 Å². The van der Waals surface area contributed by atoms with Crippen molar-refractivity contribution in [3.05, 3.63) is 35.6 Å².